The van der Waals surface area contributed by atoms with Crippen molar-refractivity contribution in [1.29, 1.82) is 0 Å². The fourth-order valence-electron chi connectivity index (χ4n) is 6.73. The van der Waals surface area contributed by atoms with E-state index in [-0.39, 0.29) is 5.41 Å². The van der Waals surface area contributed by atoms with Gasteiger partial charge < -0.3 is 10.2 Å². The summed E-state index contributed by atoms with van der Waals surface area (Å²) < 4.78 is 1.32. The van der Waals surface area contributed by atoms with Crippen molar-refractivity contribution in [3.63, 3.8) is 0 Å². The molecule has 0 fully saturated rings. The smallest absolute Gasteiger partial charge is 0.0547 e. The first-order chi connectivity index (χ1) is 20.4. The lowest BCUT2D eigenvalue weighted by atomic mass is 9.84. The third kappa shape index (κ3) is 4.15. The molecular weight excluding hydrogens is 529 g/mol. The molecule has 5 aromatic rings. The minimum Gasteiger partial charge on any atom is -0.381 e. The maximum Gasteiger partial charge on any atom is 0.0547 e. The predicted molar refractivity (Wildman–Crippen MR) is 180 cm³/mol. The van der Waals surface area contributed by atoms with E-state index in [0.29, 0.717) is 5.92 Å². The first-order valence-corrected chi connectivity index (χ1v) is 15.8. The maximum absolute atomic E-state index is 3.52. The Hall–Kier alpha value is -4.34. The molecule has 0 spiro atoms. The van der Waals surface area contributed by atoms with Gasteiger partial charge in [0.15, 0.2) is 0 Å². The summed E-state index contributed by atoms with van der Waals surface area (Å²) in [5.74, 6) is 0.346. The molecule has 206 valence electrons. The highest BCUT2D eigenvalue weighted by molar-refractivity contribution is 7.17. The standard InChI is InChI=1S/C39H34N2S/c1-39(2,3)29-14-16-36-33(23-29)31-11-4-5-12-32(31)34-24-38-28(17-19-42-38)22-37(34)41(36)30-10-6-8-25(21-30)26-13-15-35-27(20-26)9-7-18-40-35/h4-17,19,21-24,26,40H,18,20H2,1-3H3. The largest absolute Gasteiger partial charge is 0.381 e. The molecule has 3 heterocycles. The molecule has 1 atom stereocenters. The number of dihydropyridines is 1. The van der Waals surface area contributed by atoms with E-state index in [2.05, 4.69) is 146 Å². The Morgan fingerprint density at radius 1 is 0.786 bits per heavy atom. The average Bonchev–Trinajstić information content (AvgIpc) is 3.44. The molecular formula is C39H34N2S. The molecule has 0 saturated heterocycles. The lowest BCUT2D eigenvalue weighted by Gasteiger charge is -2.30. The lowest BCUT2D eigenvalue weighted by Crippen LogP contribution is -2.20. The number of allylic oxidation sites excluding steroid dienone is 4. The van der Waals surface area contributed by atoms with Gasteiger partial charge in [-0.2, -0.15) is 0 Å². The molecule has 1 N–H and O–H groups in total. The molecule has 0 amide bonds. The number of nitrogens with one attached hydrogen (secondary N) is 1. The van der Waals surface area contributed by atoms with Crippen LogP contribution < -0.4 is 10.2 Å². The molecule has 1 aromatic heterocycles. The normalized spacial score (nSPS) is 17.3. The Balaban J connectivity index is 1.35. The zero-order valence-electron chi connectivity index (χ0n) is 24.3. The molecule has 8 rings (SSSR count). The van der Waals surface area contributed by atoms with E-state index >= 15 is 0 Å². The van der Waals surface area contributed by atoms with Gasteiger partial charge in [-0.1, -0.05) is 81.5 Å². The van der Waals surface area contributed by atoms with Crippen LogP contribution in [0.25, 0.3) is 32.3 Å². The highest BCUT2D eigenvalue weighted by atomic mass is 32.1. The van der Waals surface area contributed by atoms with E-state index in [0.717, 1.165) is 13.0 Å². The Kier molecular flexibility index (Phi) is 5.80. The number of hydrogen-bond donors (Lipinski definition) is 1. The van der Waals surface area contributed by atoms with Gasteiger partial charge in [0.25, 0.3) is 0 Å². The molecule has 1 aliphatic carbocycles. The molecule has 2 nitrogen and oxygen atoms in total. The summed E-state index contributed by atoms with van der Waals surface area (Å²) in [6, 6.07) is 32.3. The van der Waals surface area contributed by atoms with Crippen molar-refractivity contribution in [1.82, 2.24) is 5.32 Å². The minimum absolute atomic E-state index is 0.0553. The van der Waals surface area contributed by atoms with Crippen LogP contribution in [-0.4, -0.2) is 6.54 Å². The predicted octanol–water partition coefficient (Wildman–Crippen LogP) is 10.8. The first kappa shape index (κ1) is 25.4. The van der Waals surface area contributed by atoms with Gasteiger partial charge in [0.2, 0.25) is 0 Å². The number of benzene rings is 4. The summed E-state index contributed by atoms with van der Waals surface area (Å²) in [6.45, 7) is 7.82. The van der Waals surface area contributed by atoms with Crippen LogP contribution in [0.15, 0.2) is 126 Å². The second-order valence-electron chi connectivity index (χ2n) is 12.7. The van der Waals surface area contributed by atoms with E-state index in [1.165, 1.54) is 71.8 Å². The van der Waals surface area contributed by atoms with E-state index < -0.39 is 0 Å². The average molecular weight is 563 g/mol. The van der Waals surface area contributed by atoms with Crippen LogP contribution in [0.3, 0.4) is 0 Å². The number of rotatable bonds is 2. The van der Waals surface area contributed by atoms with Gasteiger partial charge in [-0.15, -0.1) is 11.3 Å². The molecule has 1 unspecified atom stereocenters. The van der Waals surface area contributed by atoms with Crippen LogP contribution in [0.5, 0.6) is 0 Å². The van der Waals surface area contributed by atoms with Gasteiger partial charge in [-0.3, -0.25) is 0 Å². The van der Waals surface area contributed by atoms with Crippen molar-refractivity contribution >= 4 is 38.5 Å². The zero-order valence-corrected chi connectivity index (χ0v) is 25.1. The van der Waals surface area contributed by atoms with E-state index in [9.17, 15) is 0 Å². The number of anilines is 3. The van der Waals surface area contributed by atoms with Crippen molar-refractivity contribution < 1.29 is 0 Å². The number of nitrogens with zero attached hydrogens (tertiary/aromatic N) is 1. The van der Waals surface area contributed by atoms with Crippen molar-refractivity contribution in [2.45, 2.75) is 38.5 Å². The summed E-state index contributed by atoms with van der Waals surface area (Å²) in [7, 11) is 0. The van der Waals surface area contributed by atoms with E-state index in [1.807, 2.05) is 11.3 Å². The highest BCUT2D eigenvalue weighted by Crippen LogP contribution is 2.53. The fraction of sp³-hybridized carbons (Fsp3) is 0.179. The molecule has 0 bridgehead atoms. The summed E-state index contributed by atoms with van der Waals surface area (Å²) in [5, 5.41) is 7.02. The molecule has 0 radical (unpaired) electrons. The van der Waals surface area contributed by atoms with E-state index in [4.69, 9.17) is 0 Å². The van der Waals surface area contributed by atoms with Crippen molar-refractivity contribution in [2.75, 3.05) is 11.4 Å². The second-order valence-corrected chi connectivity index (χ2v) is 13.6. The summed E-state index contributed by atoms with van der Waals surface area (Å²) in [5.41, 5.74) is 14.2. The first-order valence-electron chi connectivity index (χ1n) is 14.9. The van der Waals surface area contributed by atoms with Gasteiger partial charge in [0.1, 0.15) is 0 Å². The molecule has 0 saturated carbocycles. The molecule has 42 heavy (non-hydrogen) atoms. The van der Waals surface area contributed by atoms with Crippen molar-refractivity contribution in [3.8, 4) is 22.3 Å². The topological polar surface area (TPSA) is 15.3 Å². The molecule has 2 aliphatic heterocycles. The monoisotopic (exact) mass is 562 g/mol. The van der Waals surface area contributed by atoms with Crippen molar-refractivity contribution in [2.24, 2.45) is 0 Å². The Labute approximate surface area is 252 Å². The molecule has 3 heteroatoms. The minimum atomic E-state index is 0.0553. The summed E-state index contributed by atoms with van der Waals surface area (Å²) >= 11 is 1.82. The Morgan fingerprint density at radius 2 is 1.62 bits per heavy atom. The summed E-state index contributed by atoms with van der Waals surface area (Å²) in [6.07, 6.45) is 10.2. The van der Waals surface area contributed by atoms with Crippen LogP contribution in [-0.2, 0) is 5.41 Å². The number of thiophene rings is 1. The summed E-state index contributed by atoms with van der Waals surface area (Å²) in [4.78, 5) is 2.51. The highest BCUT2D eigenvalue weighted by Gasteiger charge is 2.29. The van der Waals surface area contributed by atoms with Crippen LogP contribution in [0, 0.1) is 0 Å². The van der Waals surface area contributed by atoms with Gasteiger partial charge in [0.05, 0.1) is 11.4 Å². The molecule has 3 aliphatic rings. The van der Waals surface area contributed by atoms with Gasteiger partial charge in [-0.05, 0) is 99.0 Å². The number of hydrogen-bond acceptors (Lipinski definition) is 3. The molecule has 4 aromatic carbocycles. The van der Waals surface area contributed by atoms with Crippen LogP contribution in [0.1, 0.15) is 44.2 Å². The Morgan fingerprint density at radius 3 is 2.45 bits per heavy atom. The van der Waals surface area contributed by atoms with Gasteiger partial charge in [0, 0.05) is 39.7 Å². The third-order valence-electron chi connectivity index (χ3n) is 8.99. The zero-order chi connectivity index (χ0) is 28.4. The Bertz CT molecular complexity index is 1960. The van der Waals surface area contributed by atoms with Gasteiger partial charge >= 0.3 is 0 Å². The van der Waals surface area contributed by atoms with Crippen LogP contribution in [0.2, 0.25) is 0 Å². The second kappa shape index (κ2) is 9.61. The van der Waals surface area contributed by atoms with Gasteiger partial charge in [-0.25, -0.2) is 0 Å². The quantitative estimate of drug-likeness (QED) is 0.226. The SMILES string of the molecule is CC(C)(C)c1ccc2c(c1)-c1ccccc1-c1cc3sccc3cc1N2c1cccc(C2C=CC3=C(C=CCN3)C2)c1. The van der Waals surface area contributed by atoms with E-state index in [1.54, 1.807) is 0 Å². The van der Waals surface area contributed by atoms with Crippen LogP contribution >= 0.6 is 11.3 Å². The fourth-order valence-corrected chi connectivity index (χ4v) is 7.54. The maximum atomic E-state index is 3.52. The third-order valence-corrected chi connectivity index (χ3v) is 9.87. The lowest BCUT2D eigenvalue weighted by molar-refractivity contribution is 0.590. The van der Waals surface area contributed by atoms with Crippen LogP contribution in [0.4, 0.5) is 17.1 Å². The number of fused-ring (bicyclic) bond motifs is 6. The van der Waals surface area contributed by atoms with Crippen molar-refractivity contribution in [3.05, 3.63) is 137 Å².